The first kappa shape index (κ1) is 18.4. The molecular formula is C16H20N4O5. The van der Waals surface area contributed by atoms with Crippen molar-refractivity contribution in [2.45, 2.75) is 33.2 Å². The van der Waals surface area contributed by atoms with Crippen molar-refractivity contribution < 1.29 is 19.3 Å². The molecule has 1 fully saturated rings. The standard InChI is InChI=1S/C16H20N4O5/c1-9(2)7-12-15(22)19(16(23)18-12)8-14(21)17-11-5-4-6-13(10(11)3)20(24)25/h4-6,9,12H,7-8H2,1-3H3,(H,17,21)(H,18,23)/t12-/m1/s1. The molecule has 1 aliphatic heterocycles. The van der Waals surface area contributed by atoms with Crippen LogP contribution in [0, 0.1) is 23.0 Å². The molecule has 1 saturated heterocycles. The van der Waals surface area contributed by atoms with Crippen molar-refractivity contribution in [2.24, 2.45) is 5.92 Å². The van der Waals surface area contributed by atoms with Crippen molar-refractivity contribution in [1.82, 2.24) is 10.2 Å². The molecule has 134 valence electrons. The van der Waals surface area contributed by atoms with Crippen molar-refractivity contribution in [3.63, 3.8) is 0 Å². The van der Waals surface area contributed by atoms with Gasteiger partial charge in [0.25, 0.3) is 11.6 Å². The second kappa shape index (κ2) is 7.29. The average molecular weight is 348 g/mol. The highest BCUT2D eigenvalue weighted by Crippen LogP contribution is 2.25. The molecule has 1 aliphatic rings. The molecule has 0 saturated carbocycles. The molecule has 2 N–H and O–H groups in total. The summed E-state index contributed by atoms with van der Waals surface area (Å²) in [6.45, 7) is 4.93. The summed E-state index contributed by atoms with van der Waals surface area (Å²) in [5.41, 5.74) is 0.450. The third kappa shape index (κ3) is 4.11. The monoisotopic (exact) mass is 348 g/mol. The number of nitro benzene ring substituents is 1. The number of carbonyl (C=O) groups excluding carboxylic acids is 3. The van der Waals surface area contributed by atoms with Gasteiger partial charge in [-0.05, 0) is 25.3 Å². The molecule has 0 aliphatic carbocycles. The molecular weight excluding hydrogens is 328 g/mol. The van der Waals surface area contributed by atoms with Gasteiger partial charge in [-0.3, -0.25) is 24.6 Å². The summed E-state index contributed by atoms with van der Waals surface area (Å²) in [7, 11) is 0. The van der Waals surface area contributed by atoms with E-state index in [2.05, 4.69) is 10.6 Å². The van der Waals surface area contributed by atoms with Gasteiger partial charge in [0.15, 0.2) is 0 Å². The zero-order valence-electron chi connectivity index (χ0n) is 14.2. The Kier molecular flexibility index (Phi) is 5.35. The molecule has 0 aromatic heterocycles. The number of rotatable bonds is 6. The molecule has 2 rings (SSSR count). The van der Waals surface area contributed by atoms with E-state index in [0.717, 1.165) is 4.90 Å². The molecule has 25 heavy (non-hydrogen) atoms. The number of carbonyl (C=O) groups is 3. The number of nitrogens with zero attached hydrogens (tertiary/aromatic N) is 2. The van der Waals surface area contributed by atoms with Crippen LogP contribution < -0.4 is 10.6 Å². The van der Waals surface area contributed by atoms with Gasteiger partial charge in [-0.2, -0.15) is 0 Å². The number of nitro groups is 1. The molecule has 1 aromatic rings. The minimum absolute atomic E-state index is 0.121. The van der Waals surface area contributed by atoms with Gasteiger partial charge in [0.2, 0.25) is 5.91 Å². The zero-order valence-corrected chi connectivity index (χ0v) is 14.2. The van der Waals surface area contributed by atoms with E-state index in [-0.39, 0.29) is 17.3 Å². The van der Waals surface area contributed by atoms with Crippen LogP contribution in [0.25, 0.3) is 0 Å². The number of amides is 4. The molecule has 0 bridgehead atoms. The summed E-state index contributed by atoms with van der Waals surface area (Å²) >= 11 is 0. The summed E-state index contributed by atoms with van der Waals surface area (Å²) in [6.07, 6.45) is 0.493. The van der Waals surface area contributed by atoms with E-state index < -0.39 is 35.4 Å². The predicted octanol–water partition coefficient (Wildman–Crippen LogP) is 1.81. The maximum atomic E-state index is 12.2. The number of urea groups is 1. The first-order valence-corrected chi connectivity index (χ1v) is 7.86. The van der Waals surface area contributed by atoms with E-state index in [1.165, 1.54) is 25.1 Å². The number of anilines is 1. The lowest BCUT2D eigenvalue weighted by atomic mass is 10.0. The highest BCUT2D eigenvalue weighted by Gasteiger charge is 2.39. The van der Waals surface area contributed by atoms with Gasteiger partial charge in [-0.15, -0.1) is 0 Å². The molecule has 4 amide bonds. The molecule has 0 radical (unpaired) electrons. The Balaban J connectivity index is 2.06. The lowest BCUT2D eigenvalue weighted by Gasteiger charge is -2.14. The van der Waals surface area contributed by atoms with Gasteiger partial charge in [0, 0.05) is 6.07 Å². The highest BCUT2D eigenvalue weighted by molar-refractivity contribution is 6.08. The van der Waals surface area contributed by atoms with Gasteiger partial charge in [0.05, 0.1) is 16.2 Å². The fourth-order valence-corrected chi connectivity index (χ4v) is 2.65. The number of hydrogen-bond acceptors (Lipinski definition) is 5. The van der Waals surface area contributed by atoms with Crippen LogP contribution in [0.4, 0.5) is 16.2 Å². The van der Waals surface area contributed by atoms with Gasteiger partial charge < -0.3 is 10.6 Å². The summed E-state index contributed by atoms with van der Waals surface area (Å²) in [5, 5.41) is 16.0. The van der Waals surface area contributed by atoms with Crippen LogP contribution in [0.2, 0.25) is 0 Å². The first-order chi connectivity index (χ1) is 11.7. The van der Waals surface area contributed by atoms with Crippen molar-refractivity contribution in [3.8, 4) is 0 Å². The van der Waals surface area contributed by atoms with Crippen LogP contribution in [0.15, 0.2) is 18.2 Å². The van der Waals surface area contributed by atoms with E-state index in [1.54, 1.807) is 0 Å². The first-order valence-electron chi connectivity index (χ1n) is 7.86. The smallest absolute Gasteiger partial charge is 0.325 e. The second-order valence-corrected chi connectivity index (χ2v) is 6.31. The third-order valence-corrected chi connectivity index (χ3v) is 3.89. The van der Waals surface area contributed by atoms with Crippen LogP contribution in [0.1, 0.15) is 25.8 Å². The van der Waals surface area contributed by atoms with Gasteiger partial charge in [0.1, 0.15) is 12.6 Å². The largest absolute Gasteiger partial charge is 0.326 e. The highest BCUT2D eigenvalue weighted by atomic mass is 16.6. The molecule has 1 aromatic carbocycles. The number of imide groups is 1. The maximum Gasteiger partial charge on any atom is 0.325 e. The van der Waals surface area contributed by atoms with Crippen molar-refractivity contribution in [1.29, 1.82) is 0 Å². The molecule has 0 unspecified atom stereocenters. The van der Waals surface area contributed by atoms with E-state index in [9.17, 15) is 24.5 Å². The van der Waals surface area contributed by atoms with E-state index in [4.69, 9.17) is 0 Å². The maximum absolute atomic E-state index is 12.2. The molecule has 1 heterocycles. The van der Waals surface area contributed by atoms with Crippen molar-refractivity contribution in [2.75, 3.05) is 11.9 Å². The number of benzene rings is 1. The normalized spacial score (nSPS) is 17.0. The van der Waals surface area contributed by atoms with Crippen LogP contribution in [0.3, 0.4) is 0 Å². The van der Waals surface area contributed by atoms with Crippen molar-refractivity contribution in [3.05, 3.63) is 33.9 Å². The lowest BCUT2D eigenvalue weighted by molar-refractivity contribution is -0.385. The average Bonchev–Trinajstić information content (AvgIpc) is 2.76. The van der Waals surface area contributed by atoms with Crippen molar-refractivity contribution >= 4 is 29.2 Å². The second-order valence-electron chi connectivity index (χ2n) is 6.31. The van der Waals surface area contributed by atoms with Gasteiger partial charge in [-0.1, -0.05) is 19.9 Å². The Labute approximate surface area is 144 Å². The zero-order chi connectivity index (χ0) is 18.7. The molecule has 1 atom stereocenters. The van der Waals surface area contributed by atoms with Crippen LogP contribution >= 0.6 is 0 Å². The van der Waals surface area contributed by atoms with Crippen LogP contribution in [-0.2, 0) is 9.59 Å². The Hall–Kier alpha value is -2.97. The van der Waals surface area contributed by atoms with E-state index in [0.29, 0.717) is 12.0 Å². The Morgan fingerprint density at radius 1 is 1.40 bits per heavy atom. The third-order valence-electron chi connectivity index (χ3n) is 3.89. The Morgan fingerprint density at radius 2 is 2.08 bits per heavy atom. The fraction of sp³-hybridized carbons (Fsp3) is 0.438. The molecule has 9 heteroatoms. The minimum Gasteiger partial charge on any atom is -0.326 e. The summed E-state index contributed by atoms with van der Waals surface area (Å²) in [4.78, 5) is 47.5. The summed E-state index contributed by atoms with van der Waals surface area (Å²) < 4.78 is 0. The predicted molar refractivity (Wildman–Crippen MR) is 90.0 cm³/mol. The fourth-order valence-electron chi connectivity index (χ4n) is 2.65. The van der Waals surface area contributed by atoms with E-state index >= 15 is 0 Å². The minimum atomic E-state index is -0.625. The van der Waals surface area contributed by atoms with Gasteiger partial charge in [-0.25, -0.2) is 4.79 Å². The summed E-state index contributed by atoms with van der Waals surface area (Å²) in [6, 6.07) is 3.07. The SMILES string of the molecule is Cc1c(NC(=O)CN2C(=O)N[C@H](CC(C)C)C2=O)cccc1[N+](=O)[O-]. The van der Waals surface area contributed by atoms with E-state index in [1.807, 2.05) is 13.8 Å². The van der Waals surface area contributed by atoms with Crippen LogP contribution in [0.5, 0.6) is 0 Å². The molecule has 0 spiro atoms. The Bertz CT molecular complexity index is 731. The molecule has 9 nitrogen and oxygen atoms in total. The topological polar surface area (TPSA) is 122 Å². The number of hydrogen-bond donors (Lipinski definition) is 2. The quantitative estimate of drug-likeness (QED) is 0.461. The van der Waals surface area contributed by atoms with Crippen LogP contribution in [-0.4, -0.2) is 40.3 Å². The lowest BCUT2D eigenvalue weighted by Crippen LogP contribution is -2.38. The summed E-state index contributed by atoms with van der Waals surface area (Å²) in [5.74, 6) is -0.822. The number of nitrogens with one attached hydrogen (secondary N) is 2. The van der Waals surface area contributed by atoms with Gasteiger partial charge >= 0.3 is 6.03 Å². The Morgan fingerprint density at radius 3 is 2.68 bits per heavy atom.